The summed E-state index contributed by atoms with van der Waals surface area (Å²) in [4.78, 5) is 12.6. The summed E-state index contributed by atoms with van der Waals surface area (Å²) in [6, 6.07) is 16.4. The molecule has 22 heavy (non-hydrogen) atoms. The Kier molecular flexibility index (Phi) is 4.10. The average Bonchev–Trinajstić information content (AvgIpc) is 2.55. The molecule has 0 amide bonds. The molecular formula is C20H20O2. The molecule has 0 aliphatic heterocycles. The molecule has 2 nitrogen and oxygen atoms in total. The molecule has 0 spiro atoms. The highest BCUT2D eigenvalue weighted by Crippen LogP contribution is 2.34. The number of hydrogen-bond donors (Lipinski definition) is 0. The second kappa shape index (κ2) is 6.18. The molecule has 3 rings (SSSR count). The van der Waals surface area contributed by atoms with E-state index in [2.05, 4.69) is 31.2 Å². The Hall–Kier alpha value is -2.35. The molecule has 0 aromatic heterocycles. The molecule has 2 heteroatoms. The van der Waals surface area contributed by atoms with Crippen molar-refractivity contribution in [2.75, 3.05) is 6.61 Å². The Morgan fingerprint density at radius 2 is 1.41 bits per heavy atom. The molecule has 0 saturated carbocycles. The fourth-order valence-electron chi connectivity index (χ4n) is 3.16. The second-order valence-corrected chi connectivity index (χ2v) is 5.42. The van der Waals surface area contributed by atoms with E-state index in [0.29, 0.717) is 6.61 Å². The lowest BCUT2D eigenvalue weighted by atomic mass is 9.89. The van der Waals surface area contributed by atoms with Crippen molar-refractivity contribution >= 4 is 27.5 Å². The Morgan fingerprint density at radius 3 is 2.00 bits per heavy atom. The molecule has 0 aliphatic rings. The summed E-state index contributed by atoms with van der Waals surface area (Å²) in [7, 11) is 0. The van der Waals surface area contributed by atoms with Gasteiger partial charge in [0.25, 0.3) is 0 Å². The first kappa shape index (κ1) is 14.6. The van der Waals surface area contributed by atoms with E-state index in [1.54, 1.807) is 0 Å². The Balaban J connectivity index is 2.46. The third kappa shape index (κ3) is 2.35. The van der Waals surface area contributed by atoms with Crippen LogP contribution in [0.25, 0.3) is 21.5 Å². The van der Waals surface area contributed by atoms with Gasteiger partial charge in [-0.2, -0.15) is 0 Å². The normalized spacial score (nSPS) is 11.0. The molecule has 0 saturated heterocycles. The van der Waals surface area contributed by atoms with Crippen LogP contribution in [0.2, 0.25) is 0 Å². The van der Waals surface area contributed by atoms with Crippen molar-refractivity contribution in [2.45, 2.75) is 26.7 Å². The molecule has 0 atom stereocenters. The monoisotopic (exact) mass is 292 g/mol. The van der Waals surface area contributed by atoms with Gasteiger partial charge in [0, 0.05) is 0 Å². The maximum Gasteiger partial charge on any atom is 0.339 e. The lowest BCUT2D eigenvalue weighted by Crippen LogP contribution is -2.10. The standard InChI is InChI=1S/C20H20O2/c1-3-9-17-15-11-6-5-10-14(15)16-12-7-8-13-18(16)19(17)20(21)22-4-2/h5-8,10-13H,3-4,9H2,1-2H3. The molecule has 0 heterocycles. The van der Waals surface area contributed by atoms with Crippen LogP contribution >= 0.6 is 0 Å². The number of fused-ring (bicyclic) bond motifs is 3. The van der Waals surface area contributed by atoms with Crippen LogP contribution in [-0.4, -0.2) is 12.6 Å². The SMILES string of the molecule is CCCc1c(C(=O)OCC)c2ccccc2c2ccccc12. The molecular weight excluding hydrogens is 272 g/mol. The van der Waals surface area contributed by atoms with Crippen LogP contribution in [0.5, 0.6) is 0 Å². The van der Waals surface area contributed by atoms with Gasteiger partial charge in [-0.1, -0.05) is 61.9 Å². The fraction of sp³-hybridized carbons (Fsp3) is 0.250. The van der Waals surface area contributed by atoms with E-state index < -0.39 is 0 Å². The van der Waals surface area contributed by atoms with E-state index in [1.807, 2.05) is 31.2 Å². The minimum absolute atomic E-state index is 0.215. The zero-order valence-corrected chi connectivity index (χ0v) is 13.1. The van der Waals surface area contributed by atoms with E-state index in [-0.39, 0.29) is 5.97 Å². The van der Waals surface area contributed by atoms with Crippen molar-refractivity contribution in [1.29, 1.82) is 0 Å². The van der Waals surface area contributed by atoms with E-state index in [4.69, 9.17) is 4.74 Å². The van der Waals surface area contributed by atoms with E-state index >= 15 is 0 Å². The van der Waals surface area contributed by atoms with E-state index in [1.165, 1.54) is 5.39 Å². The number of ether oxygens (including phenoxy) is 1. The number of esters is 1. The number of carbonyl (C=O) groups is 1. The van der Waals surface area contributed by atoms with Crippen molar-refractivity contribution in [2.24, 2.45) is 0 Å². The van der Waals surface area contributed by atoms with Gasteiger partial charge in [-0.3, -0.25) is 0 Å². The van der Waals surface area contributed by atoms with Gasteiger partial charge >= 0.3 is 5.97 Å². The quantitative estimate of drug-likeness (QED) is 0.492. The van der Waals surface area contributed by atoms with Crippen LogP contribution in [0.1, 0.15) is 36.2 Å². The number of aryl methyl sites for hydroxylation is 1. The Labute approximate surface area is 130 Å². The highest BCUT2D eigenvalue weighted by Gasteiger charge is 2.19. The topological polar surface area (TPSA) is 26.3 Å². The first-order valence-corrected chi connectivity index (χ1v) is 7.87. The lowest BCUT2D eigenvalue weighted by Gasteiger charge is -2.16. The van der Waals surface area contributed by atoms with Crippen LogP contribution in [0.3, 0.4) is 0 Å². The summed E-state index contributed by atoms with van der Waals surface area (Å²) in [6.07, 6.45) is 1.87. The van der Waals surface area contributed by atoms with Gasteiger partial charge in [0.15, 0.2) is 0 Å². The third-order valence-electron chi connectivity index (χ3n) is 4.02. The molecule has 3 aromatic carbocycles. The average molecular weight is 292 g/mol. The minimum Gasteiger partial charge on any atom is -0.462 e. The number of carbonyl (C=O) groups excluding carboxylic acids is 1. The summed E-state index contributed by atoms with van der Waals surface area (Å²) in [5.41, 5.74) is 1.84. The van der Waals surface area contributed by atoms with Crippen LogP contribution in [0.15, 0.2) is 48.5 Å². The smallest absolute Gasteiger partial charge is 0.339 e. The molecule has 3 aromatic rings. The Morgan fingerprint density at radius 1 is 0.864 bits per heavy atom. The molecule has 0 unspecified atom stereocenters. The number of hydrogen-bond acceptors (Lipinski definition) is 2. The summed E-state index contributed by atoms with van der Waals surface area (Å²) in [5.74, 6) is -0.215. The van der Waals surface area contributed by atoms with Crippen molar-refractivity contribution in [1.82, 2.24) is 0 Å². The molecule has 0 N–H and O–H groups in total. The van der Waals surface area contributed by atoms with Crippen LogP contribution in [0.4, 0.5) is 0 Å². The van der Waals surface area contributed by atoms with Gasteiger partial charge in [0.05, 0.1) is 12.2 Å². The molecule has 0 aliphatic carbocycles. The van der Waals surface area contributed by atoms with Gasteiger partial charge in [0.2, 0.25) is 0 Å². The predicted octanol–water partition coefficient (Wildman–Crippen LogP) is 5.12. The maximum atomic E-state index is 12.6. The number of rotatable bonds is 4. The number of benzene rings is 3. The van der Waals surface area contributed by atoms with Gasteiger partial charge in [0.1, 0.15) is 0 Å². The summed E-state index contributed by atoms with van der Waals surface area (Å²) < 4.78 is 5.33. The molecule has 112 valence electrons. The predicted molar refractivity (Wildman–Crippen MR) is 91.4 cm³/mol. The highest BCUT2D eigenvalue weighted by atomic mass is 16.5. The largest absolute Gasteiger partial charge is 0.462 e. The first-order chi connectivity index (χ1) is 10.8. The van der Waals surface area contributed by atoms with Gasteiger partial charge in [-0.25, -0.2) is 4.79 Å². The first-order valence-electron chi connectivity index (χ1n) is 7.87. The molecule has 0 fully saturated rings. The minimum atomic E-state index is -0.215. The van der Waals surface area contributed by atoms with Gasteiger partial charge < -0.3 is 4.74 Å². The fourth-order valence-corrected chi connectivity index (χ4v) is 3.16. The van der Waals surface area contributed by atoms with Crippen LogP contribution in [0, 0.1) is 0 Å². The van der Waals surface area contributed by atoms with Crippen molar-refractivity contribution in [3.8, 4) is 0 Å². The summed E-state index contributed by atoms with van der Waals surface area (Å²) in [5, 5.41) is 4.46. The maximum absolute atomic E-state index is 12.6. The van der Waals surface area contributed by atoms with E-state index in [9.17, 15) is 4.79 Å². The summed E-state index contributed by atoms with van der Waals surface area (Å²) in [6.45, 7) is 4.38. The molecule has 0 radical (unpaired) electrons. The second-order valence-electron chi connectivity index (χ2n) is 5.42. The Bertz CT molecular complexity index is 834. The van der Waals surface area contributed by atoms with Crippen molar-refractivity contribution in [3.05, 3.63) is 59.7 Å². The van der Waals surface area contributed by atoms with Crippen molar-refractivity contribution in [3.63, 3.8) is 0 Å². The van der Waals surface area contributed by atoms with Gasteiger partial charge in [-0.05, 0) is 40.5 Å². The van der Waals surface area contributed by atoms with Gasteiger partial charge in [-0.15, -0.1) is 0 Å². The third-order valence-corrected chi connectivity index (χ3v) is 4.02. The zero-order valence-electron chi connectivity index (χ0n) is 13.1. The van der Waals surface area contributed by atoms with Crippen LogP contribution < -0.4 is 0 Å². The molecule has 0 bridgehead atoms. The van der Waals surface area contributed by atoms with Crippen molar-refractivity contribution < 1.29 is 9.53 Å². The lowest BCUT2D eigenvalue weighted by molar-refractivity contribution is 0.0527. The van der Waals surface area contributed by atoms with E-state index in [0.717, 1.165) is 40.1 Å². The zero-order chi connectivity index (χ0) is 15.5. The summed E-state index contributed by atoms with van der Waals surface area (Å²) >= 11 is 0. The van der Waals surface area contributed by atoms with Crippen LogP contribution in [-0.2, 0) is 11.2 Å². The highest BCUT2D eigenvalue weighted by molar-refractivity contribution is 6.18.